The Morgan fingerprint density at radius 1 is 1.50 bits per heavy atom. The van der Waals surface area contributed by atoms with Gasteiger partial charge in [-0.25, -0.2) is 0 Å². The lowest BCUT2D eigenvalue weighted by Crippen LogP contribution is -2.47. The van der Waals surface area contributed by atoms with Gasteiger partial charge in [-0.2, -0.15) is 0 Å². The zero-order valence-corrected chi connectivity index (χ0v) is 9.33. The third-order valence-corrected chi connectivity index (χ3v) is 2.75. The zero-order chi connectivity index (χ0) is 10.7. The van der Waals surface area contributed by atoms with Crippen molar-refractivity contribution in [1.82, 2.24) is 10.6 Å². The third kappa shape index (κ3) is 2.69. The fourth-order valence-electron chi connectivity index (χ4n) is 1.68. The Balaban J connectivity index is 2.41. The summed E-state index contributed by atoms with van der Waals surface area (Å²) in [4.78, 5) is 11.6. The average Bonchev–Trinajstić information content (AvgIpc) is 2.44. The number of amides is 1. The van der Waals surface area contributed by atoms with Crippen LogP contribution in [0.5, 0.6) is 0 Å². The molecule has 1 saturated heterocycles. The van der Waals surface area contributed by atoms with Gasteiger partial charge in [0, 0.05) is 0 Å². The largest absolute Gasteiger partial charge is 0.373 e. The summed E-state index contributed by atoms with van der Waals surface area (Å²) in [6.07, 6.45) is 1.28. The van der Waals surface area contributed by atoms with E-state index in [-0.39, 0.29) is 30.2 Å². The van der Waals surface area contributed by atoms with Crippen molar-refractivity contribution in [2.24, 2.45) is 0 Å². The van der Waals surface area contributed by atoms with Gasteiger partial charge >= 0.3 is 0 Å². The molecule has 82 valence electrons. The van der Waals surface area contributed by atoms with Gasteiger partial charge in [0.2, 0.25) is 5.91 Å². The average molecular weight is 200 g/mol. The molecule has 0 aromatic rings. The molecule has 0 bridgehead atoms. The minimum atomic E-state index is -0.141. The lowest BCUT2D eigenvalue weighted by Gasteiger charge is -2.18. The molecule has 0 aromatic carbocycles. The fraction of sp³-hybridized carbons (Fsp3) is 0.900. The molecule has 14 heavy (non-hydrogen) atoms. The van der Waals surface area contributed by atoms with Crippen LogP contribution in [-0.2, 0) is 9.53 Å². The van der Waals surface area contributed by atoms with Crippen LogP contribution in [-0.4, -0.2) is 37.2 Å². The number of hydrogen-bond donors (Lipinski definition) is 2. The zero-order valence-electron chi connectivity index (χ0n) is 9.33. The first kappa shape index (κ1) is 11.5. The predicted molar refractivity (Wildman–Crippen MR) is 55.1 cm³/mol. The molecule has 1 aliphatic heterocycles. The Morgan fingerprint density at radius 3 is 2.57 bits per heavy atom. The summed E-state index contributed by atoms with van der Waals surface area (Å²) in [5.41, 5.74) is 0. The van der Waals surface area contributed by atoms with Gasteiger partial charge in [0.15, 0.2) is 0 Å². The molecule has 1 aliphatic rings. The second-order valence-corrected chi connectivity index (χ2v) is 4.01. The maximum atomic E-state index is 11.6. The van der Waals surface area contributed by atoms with Crippen molar-refractivity contribution in [2.75, 3.05) is 7.05 Å². The van der Waals surface area contributed by atoms with Crippen LogP contribution < -0.4 is 10.6 Å². The summed E-state index contributed by atoms with van der Waals surface area (Å²) in [7, 11) is 1.78. The van der Waals surface area contributed by atoms with Crippen molar-refractivity contribution in [3.63, 3.8) is 0 Å². The van der Waals surface area contributed by atoms with E-state index in [1.807, 2.05) is 20.8 Å². The number of likely N-dealkylation sites (N-methyl/N-ethyl adjacent to an activating group) is 1. The van der Waals surface area contributed by atoms with E-state index in [4.69, 9.17) is 4.74 Å². The van der Waals surface area contributed by atoms with Crippen molar-refractivity contribution >= 4 is 5.91 Å². The Kier molecular flexibility index (Phi) is 3.89. The van der Waals surface area contributed by atoms with Crippen LogP contribution in [0.2, 0.25) is 0 Å². The number of rotatable bonds is 3. The molecule has 1 amide bonds. The molecule has 4 nitrogen and oxygen atoms in total. The molecule has 2 N–H and O–H groups in total. The normalized spacial score (nSPS) is 34.1. The van der Waals surface area contributed by atoms with E-state index in [0.717, 1.165) is 6.42 Å². The quantitative estimate of drug-likeness (QED) is 0.688. The van der Waals surface area contributed by atoms with Crippen molar-refractivity contribution < 1.29 is 9.53 Å². The predicted octanol–water partition coefficient (Wildman–Crippen LogP) is 0.276. The first-order valence-electron chi connectivity index (χ1n) is 5.17. The summed E-state index contributed by atoms with van der Waals surface area (Å²) >= 11 is 0. The molecular weight excluding hydrogens is 180 g/mol. The van der Waals surface area contributed by atoms with E-state index >= 15 is 0 Å². The first-order valence-corrected chi connectivity index (χ1v) is 5.17. The molecule has 0 radical (unpaired) electrons. The molecule has 0 saturated carbocycles. The highest BCUT2D eigenvalue weighted by atomic mass is 16.5. The minimum Gasteiger partial charge on any atom is -0.373 e. The first-order chi connectivity index (χ1) is 6.54. The van der Waals surface area contributed by atoms with Crippen molar-refractivity contribution in [2.45, 2.75) is 51.5 Å². The van der Waals surface area contributed by atoms with E-state index in [9.17, 15) is 4.79 Å². The lowest BCUT2D eigenvalue weighted by atomic mass is 10.1. The number of hydrogen-bond acceptors (Lipinski definition) is 3. The number of carbonyl (C=O) groups is 1. The molecule has 0 aromatic heterocycles. The standard InChI is InChI=1S/C10H20N2O2/c1-6-5-9(8(3)14-6)12-10(13)7(2)11-4/h6-9,11H,5H2,1-4H3,(H,12,13)/t6?,7-,8?,9?/m0/s1. The summed E-state index contributed by atoms with van der Waals surface area (Å²) in [5, 5.41) is 5.90. The molecule has 1 heterocycles. The molecule has 0 spiro atoms. The molecule has 0 aliphatic carbocycles. The van der Waals surface area contributed by atoms with E-state index in [1.54, 1.807) is 7.05 Å². The third-order valence-electron chi connectivity index (χ3n) is 2.75. The highest BCUT2D eigenvalue weighted by Gasteiger charge is 2.31. The molecule has 4 atom stereocenters. The topological polar surface area (TPSA) is 50.4 Å². The van der Waals surface area contributed by atoms with Crippen LogP contribution in [0.25, 0.3) is 0 Å². The highest BCUT2D eigenvalue weighted by molar-refractivity contribution is 5.81. The molecule has 1 rings (SSSR count). The van der Waals surface area contributed by atoms with Gasteiger partial charge in [-0.05, 0) is 34.2 Å². The lowest BCUT2D eigenvalue weighted by molar-refractivity contribution is -0.123. The number of carbonyl (C=O) groups excluding carboxylic acids is 1. The summed E-state index contributed by atoms with van der Waals surface area (Å²) in [5.74, 6) is 0.0436. The van der Waals surface area contributed by atoms with Crippen molar-refractivity contribution in [3.8, 4) is 0 Å². The maximum absolute atomic E-state index is 11.6. The van der Waals surface area contributed by atoms with Gasteiger partial charge < -0.3 is 15.4 Å². The highest BCUT2D eigenvalue weighted by Crippen LogP contribution is 2.19. The number of ether oxygens (including phenoxy) is 1. The fourth-order valence-corrected chi connectivity index (χ4v) is 1.68. The van der Waals surface area contributed by atoms with Crippen LogP contribution in [0.4, 0.5) is 0 Å². The second kappa shape index (κ2) is 4.75. The van der Waals surface area contributed by atoms with E-state index in [2.05, 4.69) is 10.6 Å². The smallest absolute Gasteiger partial charge is 0.237 e. The van der Waals surface area contributed by atoms with Gasteiger partial charge in [0.25, 0.3) is 0 Å². The Bertz CT molecular complexity index is 208. The van der Waals surface area contributed by atoms with Crippen LogP contribution in [0, 0.1) is 0 Å². The van der Waals surface area contributed by atoms with Gasteiger partial charge in [0.05, 0.1) is 24.3 Å². The maximum Gasteiger partial charge on any atom is 0.237 e. The van der Waals surface area contributed by atoms with Gasteiger partial charge in [0.1, 0.15) is 0 Å². The minimum absolute atomic E-state index is 0.0436. The van der Waals surface area contributed by atoms with Gasteiger partial charge in [-0.3, -0.25) is 4.79 Å². The van der Waals surface area contributed by atoms with E-state index in [1.165, 1.54) is 0 Å². The van der Waals surface area contributed by atoms with Crippen molar-refractivity contribution in [1.29, 1.82) is 0 Å². The molecule has 1 fully saturated rings. The monoisotopic (exact) mass is 200 g/mol. The van der Waals surface area contributed by atoms with E-state index < -0.39 is 0 Å². The van der Waals surface area contributed by atoms with Gasteiger partial charge in [-0.15, -0.1) is 0 Å². The molecule has 4 heteroatoms. The van der Waals surface area contributed by atoms with Crippen LogP contribution in [0.3, 0.4) is 0 Å². The Hall–Kier alpha value is -0.610. The SMILES string of the molecule is CN[C@@H](C)C(=O)NC1CC(C)OC1C. The van der Waals surface area contributed by atoms with Crippen LogP contribution in [0.1, 0.15) is 27.2 Å². The van der Waals surface area contributed by atoms with E-state index in [0.29, 0.717) is 0 Å². The summed E-state index contributed by atoms with van der Waals surface area (Å²) in [6, 6.07) is 0.0198. The molecular formula is C10H20N2O2. The van der Waals surface area contributed by atoms with Crippen LogP contribution in [0.15, 0.2) is 0 Å². The van der Waals surface area contributed by atoms with Crippen LogP contribution >= 0.6 is 0 Å². The Labute approximate surface area is 85.4 Å². The van der Waals surface area contributed by atoms with Crippen molar-refractivity contribution in [3.05, 3.63) is 0 Å². The second-order valence-electron chi connectivity index (χ2n) is 4.01. The summed E-state index contributed by atoms with van der Waals surface area (Å²) < 4.78 is 5.55. The Morgan fingerprint density at radius 2 is 2.14 bits per heavy atom. The molecule has 3 unspecified atom stereocenters. The number of nitrogens with one attached hydrogen (secondary N) is 2. The summed E-state index contributed by atoms with van der Waals surface area (Å²) in [6.45, 7) is 5.88. The van der Waals surface area contributed by atoms with Gasteiger partial charge in [-0.1, -0.05) is 0 Å².